The number of thiophene rings is 1. The van der Waals surface area contributed by atoms with Crippen molar-refractivity contribution in [3.63, 3.8) is 0 Å². The van der Waals surface area contributed by atoms with E-state index in [9.17, 15) is 14.9 Å². The van der Waals surface area contributed by atoms with Crippen LogP contribution in [0.5, 0.6) is 0 Å². The number of carbonyl (C=O) groups is 2. The Balaban J connectivity index is 2.29. The molecule has 0 saturated carbocycles. The number of anilines is 1. The SMILES string of the molecule is COC(=O)c1sc(NC(=O)c2ccc(C(C)(C)C)cc2)c(C#N)c1C. The van der Waals surface area contributed by atoms with Crippen molar-refractivity contribution >= 4 is 28.2 Å². The van der Waals surface area contributed by atoms with Crippen LogP contribution in [0.1, 0.15) is 57.5 Å². The maximum absolute atomic E-state index is 12.5. The second kappa shape index (κ2) is 7.08. The van der Waals surface area contributed by atoms with Crippen LogP contribution >= 0.6 is 11.3 Å². The number of ether oxygens (including phenoxy) is 1. The molecule has 0 saturated heterocycles. The molecule has 1 aromatic heterocycles. The molecule has 0 fully saturated rings. The lowest BCUT2D eigenvalue weighted by Crippen LogP contribution is -2.14. The van der Waals surface area contributed by atoms with Gasteiger partial charge < -0.3 is 10.1 Å². The van der Waals surface area contributed by atoms with Gasteiger partial charge in [0.2, 0.25) is 0 Å². The number of nitrogens with one attached hydrogen (secondary N) is 1. The van der Waals surface area contributed by atoms with E-state index in [0.717, 1.165) is 16.9 Å². The van der Waals surface area contributed by atoms with E-state index in [4.69, 9.17) is 4.74 Å². The van der Waals surface area contributed by atoms with Gasteiger partial charge in [-0.3, -0.25) is 4.79 Å². The Labute approximate surface area is 151 Å². The van der Waals surface area contributed by atoms with Gasteiger partial charge in [-0.1, -0.05) is 32.9 Å². The van der Waals surface area contributed by atoms with Gasteiger partial charge in [0.25, 0.3) is 5.91 Å². The summed E-state index contributed by atoms with van der Waals surface area (Å²) in [6.45, 7) is 7.97. The summed E-state index contributed by atoms with van der Waals surface area (Å²) >= 11 is 1.04. The first kappa shape index (κ1) is 18.7. The van der Waals surface area contributed by atoms with Crippen LogP contribution in [0.25, 0.3) is 0 Å². The molecule has 1 amide bonds. The zero-order chi connectivity index (χ0) is 18.8. The van der Waals surface area contributed by atoms with Crippen molar-refractivity contribution in [2.45, 2.75) is 33.1 Å². The molecule has 1 N–H and O–H groups in total. The smallest absolute Gasteiger partial charge is 0.348 e. The summed E-state index contributed by atoms with van der Waals surface area (Å²) in [4.78, 5) is 24.6. The Bertz CT molecular complexity index is 853. The Kier molecular flexibility index (Phi) is 5.29. The van der Waals surface area contributed by atoms with Gasteiger partial charge in [-0.15, -0.1) is 11.3 Å². The lowest BCUT2D eigenvalue weighted by Gasteiger charge is -2.19. The average Bonchev–Trinajstić information content (AvgIpc) is 2.88. The van der Waals surface area contributed by atoms with E-state index in [1.807, 2.05) is 18.2 Å². The molecule has 6 heteroatoms. The predicted molar refractivity (Wildman–Crippen MR) is 98.2 cm³/mol. The molecule has 0 bridgehead atoms. The number of amides is 1. The van der Waals surface area contributed by atoms with Crippen molar-refractivity contribution in [1.29, 1.82) is 5.26 Å². The quantitative estimate of drug-likeness (QED) is 0.833. The first-order valence-electron chi connectivity index (χ1n) is 7.72. The molecule has 0 aliphatic carbocycles. The van der Waals surface area contributed by atoms with Crippen molar-refractivity contribution in [3.05, 3.63) is 51.4 Å². The summed E-state index contributed by atoms with van der Waals surface area (Å²) in [7, 11) is 1.28. The minimum Gasteiger partial charge on any atom is -0.465 e. The monoisotopic (exact) mass is 356 g/mol. The molecule has 0 unspecified atom stereocenters. The molecule has 1 aromatic carbocycles. The number of nitrogens with zero attached hydrogens (tertiary/aromatic N) is 1. The van der Waals surface area contributed by atoms with E-state index in [1.54, 1.807) is 19.1 Å². The lowest BCUT2D eigenvalue weighted by molar-refractivity contribution is 0.0605. The maximum Gasteiger partial charge on any atom is 0.348 e. The van der Waals surface area contributed by atoms with Gasteiger partial charge in [0.05, 0.1) is 12.7 Å². The summed E-state index contributed by atoms with van der Waals surface area (Å²) in [5.41, 5.74) is 2.41. The second-order valence-electron chi connectivity index (χ2n) is 6.65. The largest absolute Gasteiger partial charge is 0.465 e. The van der Waals surface area contributed by atoms with Crippen molar-refractivity contribution in [2.24, 2.45) is 0 Å². The van der Waals surface area contributed by atoms with Gasteiger partial charge >= 0.3 is 5.97 Å². The number of hydrogen-bond donors (Lipinski definition) is 1. The van der Waals surface area contributed by atoms with E-state index < -0.39 is 5.97 Å². The van der Waals surface area contributed by atoms with Crippen LogP contribution in [0.4, 0.5) is 5.00 Å². The van der Waals surface area contributed by atoms with Crippen LogP contribution in [-0.2, 0) is 10.2 Å². The standard InChI is InChI=1S/C19H20N2O3S/c1-11-14(10-20)17(25-15(11)18(23)24-5)21-16(22)12-6-8-13(9-7-12)19(2,3)4/h6-9H,1-5H3,(H,21,22). The molecule has 2 rings (SSSR count). The fourth-order valence-electron chi connectivity index (χ4n) is 2.32. The van der Waals surface area contributed by atoms with Gasteiger partial charge in [0.15, 0.2) is 0 Å². The van der Waals surface area contributed by atoms with Gasteiger partial charge in [0, 0.05) is 5.56 Å². The molecule has 5 nitrogen and oxygen atoms in total. The minimum absolute atomic E-state index is 0.00324. The molecule has 25 heavy (non-hydrogen) atoms. The highest BCUT2D eigenvalue weighted by Gasteiger charge is 2.22. The highest BCUT2D eigenvalue weighted by molar-refractivity contribution is 7.18. The van der Waals surface area contributed by atoms with E-state index in [1.165, 1.54) is 7.11 Å². The van der Waals surface area contributed by atoms with Crippen LogP contribution < -0.4 is 5.32 Å². The zero-order valence-corrected chi connectivity index (χ0v) is 15.7. The van der Waals surface area contributed by atoms with Gasteiger partial charge in [-0.05, 0) is 35.6 Å². The van der Waals surface area contributed by atoms with Crippen molar-refractivity contribution in [3.8, 4) is 6.07 Å². The van der Waals surface area contributed by atoms with Crippen molar-refractivity contribution in [1.82, 2.24) is 0 Å². The summed E-state index contributed by atoms with van der Waals surface area (Å²) < 4.78 is 4.71. The lowest BCUT2D eigenvalue weighted by atomic mass is 9.87. The van der Waals surface area contributed by atoms with Crippen LogP contribution in [0, 0.1) is 18.3 Å². The number of hydrogen-bond acceptors (Lipinski definition) is 5. The van der Waals surface area contributed by atoms with Gasteiger partial charge in [0.1, 0.15) is 15.9 Å². The minimum atomic E-state index is -0.519. The normalized spacial score (nSPS) is 10.9. The summed E-state index contributed by atoms with van der Waals surface area (Å²) in [6, 6.07) is 9.38. The molecular weight excluding hydrogens is 336 g/mol. The van der Waals surface area contributed by atoms with Crippen LogP contribution in [0.2, 0.25) is 0 Å². The second-order valence-corrected chi connectivity index (χ2v) is 7.67. The summed E-state index contributed by atoms with van der Waals surface area (Å²) in [5.74, 6) is -0.844. The van der Waals surface area contributed by atoms with E-state index in [2.05, 4.69) is 26.1 Å². The predicted octanol–water partition coefficient (Wildman–Crippen LogP) is 4.26. The molecule has 0 atom stereocenters. The van der Waals surface area contributed by atoms with E-state index in [-0.39, 0.29) is 16.9 Å². The number of rotatable bonds is 3. The van der Waals surface area contributed by atoms with E-state index in [0.29, 0.717) is 21.0 Å². The van der Waals surface area contributed by atoms with Crippen LogP contribution in [0.15, 0.2) is 24.3 Å². The number of methoxy groups -OCH3 is 1. The van der Waals surface area contributed by atoms with E-state index >= 15 is 0 Å². The highest BCUT2D eigenvalue weighted by atomic mass is 32.1. The van der Waals surface area contributed by atoms with Gasteiger partial charge in [-0.2, -0.15) is 5.26 Å². The third kappa shape index (κ3) is 3.89. The fraction of sp³-hybridized carbons (Fsp3) is 0.316. The summed E-state index contributed by atoms with van der Waals surface area (Å²) in [5, 5.41) is 12.4. The Hall–Kier alpha value is -2.65. The number of carbonyl (C=O) groups excluding carboxylic acids is 2. The van der Waals surface area contributed by atoms with Gasteiger partial charge in [-0.25, -0.2) is 4.79 Å². The molecule has 0 aliphatic heterocycles. The molecule has 0 radical (unpaired) electrons. The number of nitriles is 1. The van der Waals surface area contributed by atoms with Crippen LogP contribution in [0.3, 0.4) is 0 Å². The number of esters is 1. The molecule has 130 valence electrons. The molecular formula is C19H20N2O3S. The third-order valence-corrected chi connectivity index (χ3v) is 5.06. The Morgan fingerprint density at radius 2 is 1.80 bits per heavy atom. The average molecular weight is 356 g/mol. The summed E-state index contributed by atoms with van der Waals surface area (Å²) in [6.07, 6.45) is 0. The fourth-order valence-corrected chi connectivity index (χ4v) is 3.39. The van der Waals surface area contributed by atoms with Crippen molar-refractivity contribution in [2.75, 3.05) is 12.4 Å². The zero-order valence-electron chi connectivity index (χ0n) is 14.9. The molecule has 1 heterocycles. The molecule has 0 aliphatic rings. The first-order valence-corrected chi connectivity index (χ1v) is 8.54. The molecule has 2 aromatic rings. The third-order valence-electron chi connectivity index (χ3n) is 3.87. The Morgan fingerprint density at radius 1 is 1.20 bits per heavy atom. The maximum atomic E-state index is 12.5. The number of benzene rings is 1. The molecule has 0 spiro atoms. The Morgan fingerprint density at radius 3 is 2.28 bits per heavy atom. The topological polar surface area (TPSA) is 79.2 Å². The van der Waals surface area contributed by atoms with Crippen LogP contribution in [-0.4, -0.2) is 19.0 Å². The highest BCUT2D eigenvalue weighted by Crippen LogP contribution is 2.33. The first-order chi connectivity index (χ1) is 11.7. The van der Waals surface area contributed by atoms with Crippen molar-refractivity contribution < 1.29 is 14.3 Å².